The maximum absolute atomic E-state index is 12.8. The van der Waals surface area contributed by atoms with Crippen LogP contribution in [0, 0.1) is 6.92 Å². The fraction of sp³-hybridized carbons (Fsp3) is 0.385. The van der Waals surface area contributed by atoms with E-state index in [1.165, 1.54) is 4.31 Å². The highest BCUT2D eigenvalue weighted by atomic mass is 32.2. The quantitative estimate of drug-likeness (QED) is 0.877. The van der Waals surface area contributed by atoms with Crippen LogP contribution in [-0.4, -0.2) is 34.0 Å². The minimum absolute atomic E-state index is 0.245. The molecule has 1 aliphatic heterocycles. The highest BCUT2D eigenvalue weighted by Gasteiger charge is 2.30. The van der Waals surface area contributed by atoms with Crippen molar-refractivity contribution in [2.45, 2.75) is 31.5 Å². The Balaban J connectivity index is 1.98. The summed E-state index contributed by atoms with van der Waals surface area (Å²) >= 11 is 0. The number of nitrogens with zero attached hydrogens (tertiary/aromatic N) is 4. The van der Waals surface area contributed by atoms with E-state index >= 15 is 0 Å². The monoisotopic (exact) mass is 307 g/mol. The van der Waals surface area contributed by atoms with Crippen molar-refractivity contribution in [3.05, 3.63) is 41.5 Å². The molecule has 0 radical (unpaired) electrons. The summed E-state index contributed by atoms with van der Waals surface area (Å²) in [6.07, 6.45) is 1.62. The van der Waals surface area contributed by atoms with Crippen LogP contribution in [0.1, 0.15) is 17.0 Å². The fourth-order valence-electron chi connectivity index (χ4n) is 2.44. The molecule has 0 spiro atoms. The Morgan fingerprint density at radius 3 is 2.90 bits per heavy atom. The van der Waals surface area contributed by atoms with Crippen molar-refractivity contribution in [1.82, 2.24) is 19.1 Å². The third-order valence-electron chi connectivity index (χ3n) is 3.71. The molecule has 0 atom stereocenters. The summed E-state index contributed by atoms with van der Waals surface area (Å²) in [4.78, 5) is 0.318. The topological polar surface area (TPSA) is 94.1 Å². The Kier molecular flexibility index (Phi) is 3.52. The minimum Gasteiger partial charge on any atom is -0.326 e. The van der Waals surface area contributed by atoms with Gasteiger partial charge in [0.2, 0.25) is 10.0 Å². The van der Waals surface area contributed by atoms with Crippen LogP contribution in [0.5, 0.6) is 0 Å². The summed E-state index contributed by atoms with van der Waals surface area (Å²) in [5, 5.41) is 7.77. The maximum Gasteiger partial charge on any atom is 0.243 e. The van der Waals surface area contributed by atoms with Crippen molar-refractivity contribution in [3.63, 3.8) is 0 Å². The van der Waals surface area contributed by atoms with E-state index in [2.05, 4.69) is 10.2 Å². The molecule has 3 rings (SSSR count). The lowest BCUT2D eigenvalue weighted by Crippen LogP contribution is -2.38. The predicted molar refractivity (Wildman–Crippen MR) is 76.7 cm³/mol. The van der Waals surface area contributed by atoms with Gasteiger partial charge in [-0.1, -0.05) is 12.1 Å². The number of benzene rings is 1. The normalized spacial score (nSPS) is 15.9. The Morgan fingerprint density at radius 1 is 1.33 bits per heavy atom. The van der Waals surface area contributed by atoms with Crippen molar-refractivity contribution in [2.75, 3.05) is 6.54 Å². The van der Waals surface area contributed by atoms with E-state index in [0.717, 1.165) is 11.1 Å². The van der Waals surface area contributed by atoms with Crippen LogP contribution < -0.4 is 5.73 Å². The van der Waals surface area contributed by atoms with Crippen LogP contribution in [0.3, 0.4) is 0 Å². The van der Waals surface area contributed by atoms with E-state index in [1.807, 2.05) is 10.6 Å². The molecule has 1 aliphatic rings. The molecular formula is C13H17N5O2S. The number of aromatic nitrogens is 3. The van der Waals surface area contributed by atoms with Gasteiger partial charge in [-0.2, -0.15) is 4.31 Å². The number of aryl methyl sites for hydroxylation is 1. The third-order valence-corrected chi connectivity index (χ3v) is 5.70. The van der Waals surface area contributed by atoms with Crippen LogP contribution in [0.25, 0.3) is 0 Å². The van der Waals surface area contributed by atoms with E-state index in [1.54, 1.807) is 25.4 Å². The van der Waals surface area contributed by atoms with Crippen LogP contribution in [0.15, 0.2) is 29.4 Å². The minimum atomic E-state index is -3.55. The molecule has 7 nitrogen and oxygen atoms in total. The smallest absolute Gasteiger partial charge is 0.243 e. The van der Waals surface area contributed by atoms with E-state index < -0.39 is 10.0 Å². The van der Waals surface area contributed by atoms with Gasteiger partial charge < -0.3 is 10.3 Å². The van der Waals surface area contributed by atoms with E-state index in [-0.39, 0.29) is 6.54 Å². The van der Waals surface area contributed by atoms with Gasteiger partial charge in [-0.25, -0.2) is 8.42 Å². The molecule has 0 aliphatic carbocycles. The first kappa shape index (κ1) is 14.2. The summed E-state index contributed by atoms with van der Waals surface area (Å²) in [6, 6.07) is 5.30. The Hall–Kier alpha value is -1.77. The molecule has 0 saturated carbocycles. The van der Waals surface area contributed by atoms with Gasteiger partial charge in [0.15, 0.2) is 0 Å². The van der Waals surface area contributed by atoms with Gasteiger partial charge >= 0.3 is 0 Å². The lowest BCUT2D eigenvalue weighted by molar-refractivity contribution is 0.335. The SMILES string of the molecule is Cc1ccc(CN)cc1S(=O)(=O)N1CCn2cnnc2C1. The Morgan fingerprint density at radius 2 is 2.14 bits per heavy atom. The van der Waals surface area contributed by atoms with Crippen molar-refractivity contribution in [1.29, 1.82) is 0 Å². The second kappa shape index (κ2) is 5.21. The zero-order chi connectivity index (χ0) is 15.0. The zero-order valence-corrected chi connectivity index (χ0v) is 12.5. The second-order valence-electron chi connectivity index (χ2n) is 5.08. The van der Waals surface area contributed by atoms with Crippen molar-refractivity contribution in [3.8, 4) is 0 Å². The number of hydrogen-bond donors (Lipinski definition) is 1. The van der Waals surface area contributed by atoms with E-state index in [4.69, 9.17) is 5.73 Å². The second-order valence-corrected chi connectivity index (χ2v) is 6.99. The Labute approximate surface area is 123 Å². The van der Waals surface area contributed by atoms with Gasteiger partial charge in [0, 0.05) is 19.6 Å². The number of hydrogen-bond acceptors (Lipinski definition) is 5. The van der Waals surface area contributed by atoms with Gasteiger partial charge in [-0.05, 0) is 24.1 Å². The number of nitrogens with two attached hydrogens (primary N) is 1. The summed E-state index contributed by atoms with van der Waals surface area (Å²) in [6.45, 7) is 3.34. The fourth-order valence-corrected chi connectivity index (χ4v) is 4.10. The zero-order valence-electron chi connectivity index (χ0n) is 11.7. The molecule has 0 unspecified atom stereocenters. The third kappa shape index (κ3) is 2.45. The number of rotatable bonds is 3. The van der Waals surface area contributed by atoms with Crippen molar-refractivity contribution >= 4 is 10.0 Å². The predicted octanol–water partition coefficient (Wildman–Crippen LogP) is 0.250. The molecular weight excluding hydrogens is 290 g/mol. The van der Waals surface area contributed by atoms with Gasteiger partial charge in [0.1, 0.15) is 12.2 Å². The molecule has 0 amide bonds. The van der Waals surface area contributed by atoms with Gasteiger partial charge in [-0.3, -0.25) is 0 Å². The molecule has 21 heavy (non-hydrogen) atoms. The van der Waals surface area contributed by atoms with Crippen LogP contribution in [0.2, 0.25) is 0 Å². The maximum atomic E-state index is 12.8. The largest absolute Gasteiger partial charge is 0.326 e. The molecule has 8 heteroatoms. The van der Waals surface area contributed by atoms with Gasteiger partial charge in [0.25, 0.3) is 0 Å². The Bertz CT molecular complexity index is 769. The van der Waals surface area contributed by atoms with Crippen LogP contribution in [0.4, 0.5) is 0 Å². The molecule has 1 aromatic carbocycles. The van der Waals surface area contributed by atoms with Gasteiger partial charge in [0.05, 0.1) is 11.4 Å². The van der Waals surface area contributed by atoms with Crippen LogP contribution >= 0.6 is 0 Å². The first-order chi connectivity index (χ1) is 10.0. The lowest BCUT2D eigenvalue weighted by atomic mass is 10.1. The average molecular weight is 307 g/mol. The lowest BCUT2D eigenvalue weighted by Gasteiger charge is -2.27. The molecule has 112 valence electrons. The molecule has 0 saturated heterocycles. The van der Waals surface area contributed by atoms with Crippen LogP contribution in [-0.2, 0) is 29.7 Å². The summed E-state index contributed by atoms with van der Waals surface area (Å²) in [7, 11) is -3.55. The average Bonchev–Trinajstić information content (AvgIpc) is 2.95. The summed E-state index contributed by atoms with van der Waals surface area (Å²) in [5.74, 6) is 0.664. The molecule has 2 aromatic rings. The number of fused-ring (bicyclic) bond motifs is 1. The molecule has 2 heterocycles. The van der Waals surface area contributed by atoms with Crippen molar-refractivity contribution < 1.29 is 8.42 Å². The van der Waals surface area contributed by atoms with E-state index in [0.29, 0.717) is 30.4 Å². The highest BCUT2D eigenvalue weighted by Crippen LogP contribution is 2.24. The first-order valence-electron chi connectivity index (χ1n) is 6.69. The molecule has 1 aromatic heterocycles. The summed E-state index contributed by atoms with van der Waals surface area (Å²) < 4.78 is 29.0. The van der Waals surface area contributed by atoms with Gasteiger partial charge in [-0.15, -0.1) is 10.2 Å². The molecule has 0 fully saturated rings. The molecule has 0 bridgehead atoms. The van der Waals surface area contributed by atoms with E-state index in [9.17, 15) is 8.42 Å². The highest BCUT2D eigenvalue weighted by molar-refractivity contribution is 7.89. The first-order valence-corrected chi connectivity index (χ1v) is 8.13. The number of sulfonamides is 1. The molecule has 2 N–H and O–H groups in total. The van der Waals surface area contributed by atoms with Crippen molar-refractivity contribution in [2.24, 2.45) is 5.73 Å². The summed E-state index contributed by atoms with van der Waals surface area (Å²) in [5.41, 5.74) is 7.14. The standard InChI is InChI=1S/C13H17N5O2S/c1-10-2-3-11(7-14)6-12(10)21(19,20)18-5-4-17-9-15-16-13(17)8-18/h2-3,6,9H,4-5,7-8,14H2,1H3.